The van der Waals surface area contributed by atoms with Crippen LogP contribution in [0.2, 0.25) is 5.02 Å². The molecule has 0 aliphatic heterocycles. The predicted molar refractivity (Wildman–Crippen MR) is 86.6 cm³/mol. The monoisotopic (exact) mass is 328 g/mol. The lowest BCUT2D eigenvalue weighted by atomic mass is 10.1. The highest BCUT2D eigenvalue weighted by atomic mass is 35.5. The van der Waals surface area contributed by atoms with Gasteiger partial charge in [-0.15, -0.1) is 0 Å². The average Bonchev–Trinajstić information content (AvgIpc) is 2.89. The zero-order valence-electron chi connectivity index (χ0n) is 12.0. The standard InChI is InChI=1S/C16H10ClFN4O/c1-21-8-11-14-12(18)5-9(17)6-13(14)22(16(23)15(11)20-21)10-3-2-4-19-7-10/h2-8H,1H3. The summed E-state index contributed by atoms with van der Waals surface area (Å²) in [7, 11) is 1.69. The molecule has 0 fully saturated rings. The number of hydrogen-bond acceptors (Lipinski definition) is 3. The minimum atomic E-state index is -0.497. The molecule has 5 nitrogen and oxygen atoms in total. The molecule has 0 saturated carbocycles. The highest BCUT2D eigenvalue weighted by Crippen LogP contribution is 2.29. The number of rotatable bonds is 1. The van der Waals surface area contributed by atoms with Crippen molar-refractivity contribution in [1.82, 2.24) is 19.3 Å². The molecule has 4 rings (SSSR count). The molecule has 0 atom stereocenters. The van der Waals surface area contributed by atoms with Crippen LogP contribution in [0, 0.1) is 5.82 Å². The van der Waals surface area contributed by atoms with Crippen LogP contribution in [0.5, 0.6) is 0 Å². The molecule has 0 radical (unpaired) electrons. The fourth-order valence-electron chi connectivity index (χ4n) is 2.79. The maximum Gasteiger partial charge on any atom is 0.284 e. The lowest BCUT2D eigenvalue weighted by Gasteiger charge is -2.11. The molecule has 0 saturated heterocycles. The van der Waals surface area contributed by atoms with Gasteiger partial charge in [-0.2, -0.15) is 5.10 Å². The summed E-state index contributed by atoms with van der Waals surface area (Å²) in [4.78, 5) is 16.9. The van der Waals surface area contributed by atoms with Crippen molar-refractivity contribution in [2.75, 3.05) is 0 Å². The number of aromatic nitrogens is 4. The summed E-state index contributed by atoms with van der Waals surface area (Å²) in [6, 6.07) is 6.23. The van der Waals surface area contributed by atoms with Crippen LogP contribution in [0.1, 0.15) is 0 Å². The van der Waals surface area contributed by atoms with Gasteiger partial charge in [0.25, 0.3) is 5.56 Å². The molecule has 0 aliphatic carbocycles. The molecule has 3 heterocycles. The SMILES string of the molecule is Cn1cc2c(n1)c(=O)n(-c1cccnc1)c1cc(Cl)cc(F)c21. The van der Waals surface area contributed by atoms with Crippen LogP contribution in [-0.4, -0.2) is 19.3 Å². The summed E-state index contributed by atoms with van der Waals surface area (Å²) < 4.78 is 17.4. The van der Waals surface area contributed by atoms with Crippen LogP contribution in [0.4, 0.5) is 4.39 Å². The van der Waals surface area contributed by atoms with Crippen LogP contribution in [0.25, 0.3) is 27.5 Å². The van der Waals surface area contributed by atoms with Crippen LogP contribution < -0.4 is 5.56 Å². The van der Waals surface area contributed by atoms with Gasteiger partial charge >= 0.3 is 0 Å². The van der Waals surface area contributed by atoms with E-state index in [1.807, 2.05) is 0 Å². The van der Waals surface area contributed by atoms with E-state index >= 15 is 0 Å². The third-order valence-corrected chi connectivity index (χ3v) is 3.90. The molecule has 114 valence electrons. The average molecular weight is 329 g/mol. The largest absolute Gasteiger partial charge is 0.284 e. The number of halogens is 2. The summed E-state index contributed by atoms with van der Waals surface area (Å²) in [5.41, 5.74) is 0.762. The van der Waals surface area contributed by atoms with Gasteiger partial charge < -0.3 is 0 Å². The first-order valence-corrected chi connectivity index (χ1v) is 7.21. The van der Waals surface area contributed by atoms with E-state index < -0.39 is 5.82 Å². The lowest BCUT2D eigenvalue weighted by molar-refractivity contribution is 0.640. The van der Waals surface area contributed by atoms with Crippen LogP contribution in [0.3, 0.4) is 0 Å². The summed E-state index contributed by atoms with van der Waals surface area (Å²) in [6.07, 6.45) is 4.77. The first-order chi connectivity index (χ1) is 11.1. The molecule has 0 amide bonds. The van der Waals surface area contributed by atoms with Crippen molar-refractivity contribution in [2.45, 2.75) is 0 Å². The molecule has 0 unspecified atom stereocenters. The van der Waals surface area contributed by atoms with Gasteiger partial charge in [0.05, 0.1) is 17.4 Å². The van der Waals surface area contributed by atoms with E-state index in [2.05, 4.69) is 10.1 Å². The Morgan fingerprint density at radius 1 is 1.30 bits per heavy atom. The smallest absolute Gasteiger partial charge is 0.274 e. The van der Waals surface area contributed by atoms with E-state index in [1.54, 1.807) is 37.6 Å². The molecule has 0 N–H and O–H groups in total. The molecule has 4 aromatic rings. The Bertz CT molecular complexity index is 1120. The van der Waals surface area contributed by atoms with E-state index in [-0.39, 0.29) is 16.1 Å². The molecule has 0 aliphatic rings. The maximum absolute atomic E-state index is 14.6. The van der Waals surface area contributed by atoms with Crippen molar-refractivity contribution in [3.05, 3.63) is 64.0 Å². The molecule has 7 heteroatoms. The number of aryl methyl sites for hydroxylation is 1. The highest BCUT2D eigenvalue weighted by Gasteiger charge is 2.18. The summed E-state index contributed by atoms with van der Waals surface area (Å²) in [6.45, 7) is 0. The molecule has 1 aromatic carbocycles. The Morgan fingerprint density at radius 2 is 2.13 bits per heavy atom. The van der Waals surface area contributed by atoms with Gasteiger partial charge in [-0.3, -0.25) is 19.0 Å². The van der Waals surface area contributed by atoms with Gasteiger partial charge in [-0.05, 0) is 24.3 Å². The van der Waals surface area contributed by atoms with Gasteiger partial charge in [-0.25, -0.2) is 4.39 Å². The van der Waals surface area contributed by atoms with Gasteiger partial charge in [0.15, 0.2) is 5.52 Å². The van der Waals surface area contributed by atoms with Gasteiger partial charge in [0.1, 0.15) is 5.82 Å². The Kier molecular flexibility index (Phi) is 2.96. The van der Waals surface area contributed by atoms with E-state index in [1.165, 1.54) is 21.5 Å². The quantitative estimate of drug-likeness (QED) is 0.539. The number of pyridine rings is 2. The van der Waals surface area contributed by atoms with Gasteiger partial charge in [-0.1, -0.05) is 11.6 Å². The number of nitrogens with zero attached hydrogens (tertiary/aromatic N) is 4. The van der Waals surface area contributed by atoms with E-state index in [4.69, 9.17) is 11.6 Å². The normalized spacial score (nSPS) is 11.4. The third-order valence-electron chi connectivity index (χ3n) is 3.68. The Balaban J connectivity index is 2.32. The van der Waals surface area contributed by atoms with E-state index in [0.29, 0.717) is 22.0 Å². The summed E-state index contributed by atoms with van der Waals surface area (Å²) in [5, 5.41) is 5.16. The Hall–Kier alpha value is -2.73. The van der Waals surface area contributed by atoms with Crippen LogP contribution >= 0.6 is 11.6 Å². The Morgan fingerprint density at radius 3 is 2.87 bits per heavy atom. The molecule has 23 heavy (non-hydrogen) atoms. The van der Waals surface area contributed by atoms with Gasteiger partial charge in [0.2, 0.25) is 0 Å². The van der Waals surface area contributed by atoms with Crippen molar-refractivity contribution in [3.63, 3.8) is 0 Å². The summed E-state index contributed by atoms with van der Waals surface area (Å²) >= 11 is 6.00. The molecular formula is C16H10ClFN4O. The molecule has 3 aromatic heterocycles. The fraction of sp³-hybridized carbons (Fsp3) is 0.0625. The topological polar surface area (TPSA) is 52.7 Å². The van der Waals surface area contributed by atoms with Crippen molar-refractivity contribution < 1.29 is 4.39 Å². The highest BCUT2D eigenvalue weighted by molar-refractivity contribution is 6.31. The van der Waals surface area contributed by atoms with Crippen LogP contribution in [0.15, 0.2) is 47.7 Å². The Labute approximate surface area is 134 Å². The summed E-state index contributed by atoms with van der Waals surface area (Å²) in [5.74, 6) is -0.497. The first kappa shape index (κ1) is 13.9. The lowest BCUT2D eigenvalue weighted by Crippen LogP contribution is -2.20. The second kappa shape index (κ2) is 4.89. The van der Waals surface area contributed by atoms with Crippen molar-refractivity contribution >= 4 is 33.4 Å². The molecule has 0 spiro atoms. The maximum atomic E-state index is 14.6. The minimum absolute atomic E-state index is 0.199. The second-order valence-corrected chi connectivity index (χ2v) is 5.64. The molecular weight excluding hydrogens is 319 g/mol. The predicted octanol–water partition coefficient (Wildman–Crippen LogP) is 3.06. The molecule has 0 bridgehead atoms. The number of fused-ring (bicyclic) bond motifs is 3. The minimum Gasteiger partial charge on any atom is -0.274 e. The van der Waals surface area contributed by atoms with Crippen molar-refractivity contribution in [1.29, 1.82) is 0 Å². The van der Waals surface area contributed by atoms with Crippen LogP contribution in [-0.2, 0) is 7.05 Å². The second-order valence-electron chi connectivity index (χ2n) is 5.20. The zero-order valence-corrected chi connectivity index (χ0v) is 12.8. The van der Waals surface area contributed by atoms with Crippen molar-refractivity contribution in [3.8, 4) is 5.69 Å². The third kappa shape index (κ3) is 2.03. The zero-order chi connectivity index (χ0) is 16.1. The first-order valence-electron chi connectivity index (χ1n) is 6.84. The van der Waals surface area contributed by atoms with Crippen molar-refractivity contribution in [2.24, 2.45) is 7.05 Å². The number of hydrogen-bond donors (Lipinski definition) is 0. The van der Waals surface area contributed by atoms with E-state index in [9.17, 15) is 9.18 Å². The number of benzene rings is 1. The fourth-order valence-corrected chi connectivity index (χ4v) is 2.99. The van der Waals surface area contributed by atoms with E-state index in [0.717, 1.165) is 0 Å². The van der Waals surface area contributed by atoms with Gasteiger partial charge in [0, 0.05) is 35.2 Å².